The summed E-state index contributed by atoms with van der Waals surface area (Å²) in [6.45, 7) is 6.98. The summed E-state index contributed by atoms with van der Waals surface area (Å²) >= 11 is 0. The van der Waals surface area contributed by atoms with E-state index in [4.69, 9.17) is 0 Å². The Morgan fingerprint density at radius 3 is 2.73 bits per heavy atom. The molecule has 0 aliphatic heterocycles. The fourth-order valence-corrected chi connectivity index (χ4v) is 0.656. The molecule has 0 fully saturated rings. The van der Waals surface area contributed by atoms with Crippen LogP contribution < -0.4 is 0 Å². The van der Waals surface area contributed by atoms with E-state index in [1.807, 2.05) is 13.1 Å². The lowest BCUT2D eigenvalue weighted by Gasteiger charge is -1.90. The van der Waals surface area contributed by atoms with Crippen molar-refractivity contribution in [3.05, 3.63) is 23.8 Å². The van der Waals surface area contributed by atoms with E-state index in [2.05, 4.69) is 37.1 Å². The van der Waals surface area contributed by atoms with Gasteiger partial charge in [-0.15, -0.1) is 0 Å². The maximum absolute atomic E-state index is 4.12. The Labute approximate surface area is 69.5 Å². The molecule has 11 heavy (non-hydrogen) atoms. The molecular weight excluding hydrogens is 134 g/mol. The monoisotopic (exact) mass is 151 g/mol. The highest BCUT2D eigenvalue weighted by Crippen LogP contribution is 1.93. The highest BCUT2D eigenvalue weighted by Gasteiger charge is 1.80. The van der Waals surface area contributed by atoms with Gasteiger partial charge in [0.2, 0.25) is 0 Å². The predicted octanol–water partition coefficient (Wildman–Crippen LogP) is 2.99. The molecule has 62 valence electrons. The Morgan fingerprint density at radius 2 is 2.18 bits per heavy atom. The molecule has 1 heteroatoms. The van der Waals surface area contributed by atoms with Crippen molar-refractivity contribution in [2.75, 3.05) is 6.54 Å². The molecule has 1 nitrogen and oxygen atoms in total. The third kappa shape index (κ3) is 7.04. The highest BCUT2D eigenvalue weighted by molar-refractivity contribution is 5.53. The van der Waals surface area contributed by atoms with Crippen LogP contribution in [-0.2, 0) is 0 Å². The van der Waals surface area contributed by atoms with Crippen molar-refractivity contribution in [1.82, 2.24) is 0 Å². The van der Waals surface area contributed by atoms with Gasteiger partial charge >= 0.3 is 0 Å². The van der Waals surface area contributed by atoms with Gasteiger partial charge in [-0.1, -0.05) is 30.7 Å². The van der Waals surface area contributed by atoms with Crippen molar-refractivity contribution in [3.63, 3.8) is 0 Å². The molecule has 0 aromatic carbocycles. The second kappa shape index (κ2) is 7.26. The average molecular weight is 151 g/mol. The number of hydrogen-bond donors (Lipinski definition) is 0. The van der Waals surface area contributed by atoms with Gasteiger partial charge in [-0.3, -0.25) is 4.99 Å². The highest BCUT2D eigenvalue weighted by atomic mass is 14.7. The Hall–Kier alpha value is -0.850. The molecule has 0 aliphatic carbocycles. The van der Waals surface area contributed by atoms with E-state index >= 15 is 0 Å². The molecule has 0 radical (unpaired) electrons. The standard InChI is InChI=1S/C10H17N/c1-4-6-7-8-10(3)9-11-5-2/h5-8H,4,9H2,1-3H3. The van der Waals surface area contributed by atoms with Crippen LogP contribution in [0.2, 0.25) is 0 Å². The van der Waals surface area contributed by atoms with Crippen molar-refractivity contribution in [2.24, 2.45) is 4.99 Å². The summed E-state index contributed by atoms with van der Waals surface area (Å²) in [5, 5.41) is 0. The zero-order valence-electron chi connectivity index (χ0n) is 7.67. The Morgan fingerprint density at radius 1 is 1.45 bits per heavy atom. The van der Waals surface area contributed by atoms with Crippen LogP contribution in [0.25, 0.3) is 0 Å². The Balaban J connectivity index is 3.71. The summed E-state index contributed by atoms with van der Waals surface area (Å²) in [5.41, 5.74) is 1.30. The van der Waals surface area contributed by atoms with Gasteiger partial charge in [-0.25, -0.2) is 0 Å². The summed E-state index contributed by atoms with van der Waals surface area (Å²) in [7, 11) is 0. The summed E-state index contributed by atoms with van der Waals surface area (Å²) in [6.07, 6.45) is 9.26. The molecule has 0 unspecified atom stereocenters. The van der Waals surface area contributed by atoms with E-state index in [1.54, 1.807) is 0 Å². The van der Waals surface area contributed by atoms with E-state index < -0.39 is 0 Å². The largest absolute Gasteiger partial charge is 0.293 e. The van der Waals surface area contributed by atoms with Gasteiger partial charge in [0.1, 0.15) is 0 Å². The summed E-state index contributed by atoms with van der Waals surface area (Å²) in [6, 6.07) is 0. The molecule has 0 N–H and O–H groups in total. The lowest BCUT2D eigenvalue weighted by atomic mass is 10.2. The molecule has 0 saturated carbocycles. The van der Waals surface area contributed by atoms with Crippen molar-refractivity contribution < 1.29 is 0 Å². The summed E-state index contributed by atoms with van der Waals surface area (Å²) < 4.78 is 0. The minimum Gasteiger partial charge on any atom is -0.293 e. The first-order valence-corrected chi connectivity index (χ1v) is 4.08. The molecule has 0 aromatic heterocycles. The van der Waals surface area contributed by atoms with Crippen molar-refractivity contribution >= 4 is 6.21 Å². The van der Waals surface area contributed by atoms with Crippen LogP contribution in [-0.4, -0.2) is 12.8 Å². The van der Waals surface area contributed by atoms with Gasteiger partial charge in [0.05, 0.1) is 6.54 Å². The second-order valence-electron chi connectivity index (χ2n) is 2.45. The number of hydrogen-bond acceptors (Lipinski definition) is 1. The fraction of sp³-hybridized carbons (Fsp3) is 0.500. The molecular formula is C10H17N. The zero-order chi connectivity index (χ0) is 8.53. The first-order valence-electron chi connectivity index (χ1n) is 4.08. The quantitative estimate of drug-likeness (QED) is 0.432. The number of rotatable bonds is 4. The minimum atomic E-state index is 0.824. The van der Waals surface area contributed by atoms with E-state index in [0.717, 1.165) is 13.0 Å². The minimum absolute atomic E-state index is 0.824. The lowest BCUT2D eigenvalue weighted by Crippen LogP contribution is -1.80. The topological polar surface area (TPSA) is 12.4 Å². The number of allylic oxidation sites excluding steroid dienone is 3. The molecule has 0 saturated heterocycles. The SMILES string of the molecule is CC=NCC(C)=CC=CCC. The van der Waals surface area contributed by atoms with Crippen molar-refractivity contribution in [3.8, 4) is 0 Å². The average Bonchev–Trinajstić information content (AvgIpc) is 2.01. The molecule has 0 bridgehead atoms. The van der Waals surface area contributed by atoms with Crippen LogP contribution in [0.1, 0.15) is 27.2 Å². The van der Waals surface area contributed by atoms with Crippen LogP contribution in [0.4, 0.5) is 0 Å². The zero-order valence-corrected chi connectivity index (χ0v) is 7.67. The molecule has 0 atom stereocenters. The van der Waals surface area contributed by atoms with Crippen LogP contribution >= 0.6 is 0 Å². The molecule has 0 heterocycles. The normalized spacial score (nSPS) is 13.5. The van der Waals surface area contributed by atoms with Crippen LogP contribution in [0.3, 0.4) is 0 Å². The van der Waals surface area contributed by atoms with Crippen LogP contribution in [0, 0.1) is 0 Å². The first-order chi connectivity index (χ1) is 5.31. The molecule has 0 aromatic rings. The predicted molar refractivity (Wildman–Crippen MR) is 52.2 cm³/mol. The van der Waals surface area contributed by atoms with Crippen LogP contribution in [0.15, 0.2) is 28.8 Å². The van der Waals surface area contributed by atoms with E-state index in [9.17, 15) is 0 Å². The first kappa shape index (κ1) is 10.2. The van der Waals surface area contributed by atoms with Gasteiger partial charge in [0.15, 0.2) is 0 Å². The second-order valence-corrected chi connectivity index (χ2v) is 2.45. The van der Waals surface area contributed by atoms with Crippen molar-refractivity contribution in [1.29, 1.82) is 0 Å². The summed E-state index contributed by atoms with van der Waals surface area (Å²) in [5.74, 6) is 0. The van der Waals surface area contributed by atoms with Gasteiger partial charge in [0, 0.05) is 0 Å². The molecule has 0 rings (SSSR count). The maximum Gasteiger partial charge on any atom is 0.0595 e. The van der Waals surface area contributed by atoms with Gasteiger partial charge in [-0.2, -0.15) is 0 Å². The van der Waals surface area contributed by atoms with E-state index in [0.29, 0.717) is 0 Å². The smallest absolute Gasteiger partial charge is 0.0595 e. The molecule has 0 aliphatic rings. The lowest BCUT2D eigenvalue weighted by molar-refractivity contribution is 1.14. The molecule has 0 spiro atoms. The maximum atomic E-state index is 4.12. The third-order valence-electron chi connectivity index (χ3n) is 1.28. The van der Waals surface area contributed by atoms with Gasteiger partial charge in [0.25, 0.3) is 0 Å². The number of nitrogens with zero attached hydrogens (tertiary/aromatic N) is 1. The third-order valence-corrected chi connectivity index (χ3v) is 1.28. The fourth-order valence-electron chi connectivity index (χ4n) is 0.656. The van der Waals surface area contributed by atoms with E-state index in [-0.39, 0.29) is 0 Å². The number of aliphatic imine (C=N–C) groups is 1. The van der Waals surface area contributed by atoms with Gasteiger partial charge < -0.3 is 0 Å². The van der Waals surface area contributed by atoms with Crippen molar-refractivity contribution in [2.45, 2.75) is 27.2 Å². The summed E-state index contributed by atoms with van der Waals surface area (Å²) in [4.78, 5) is 4.12. The van der Waals surface area contributed by atoms with Gasteiger partial charge in [-0.05, 0) is 26.5 Å². The van der Waals surface area contributed by atoms with Crippen LogP contribution in [0.5, 0.6) is 0 Å². The molecule has 0 amide bonds. The Bertz CT molecular complexity index is 164. The Kier molecular flexibility index (Phi) is 6.70. The van der Waals surface area contributed by atoms with E-state index in [1.165, 1.54) is 5.57 Å².